The van der Waals surface area contributed by atoms with Gasteiger partial charge in [0.1, 0.15) is 0 Å². The van der Waals surface area contributed by atoms with E-state index < -0.39 is 0 Å². The van der Waals surface area contributed by atoms with Crippen molar-refractivity contribution in [2.75, 3.05) is 14.2 Å². The number of nitrogens with zero attached hydrogens (tertiary/aromatic N) is 1. The smallest absolute Gasteiger partial charge is 0.184 e. The van der Waals surface area contributed by atoms with Gasteiger partial charge in [-0.15, -0.1) is 11.3 Å². The Morgan fingerprint density at radius 2 is 1.94 bits per heavy atom. The van der Waals surface area contributed by atoms with E-state index in [1.807, 2.05) is 23.6 Å². The molecule has 2 rings (SSSR count). The van der Waals surface area contributed by atoms with E-state index in [9.17, 15) is 0 Å². The molecule has 5 heteroatoms. The van der Waals surface area contributed by atoms with Crippen molar-refractivity contribution in [3.63, 3.8) is 0 Å². The summed E-state index contributed by atoms with van der Waals surface area (Å²) in [5.41, 5.74) is 1.80. The molecule has 1 aromatic carbocycles. The van der Waals surface area contributed by atoms with Crippen molar-refractivity contribution in [1.29, 1.82) is 0 Å². The summed E-state index contributed by atoms with van der Waals surface area (Å²) in [6.45, 7) is 0. The van der Waals surface area contributed by atoms with Crippen LogP contribution in [0.1, 0.15) is 0 Å². The molecule has 0 saturated carbocycles. The molecule has 16 heavy (non-hydrogen) atoms. The van der Waals surface area contributed by atoms with Gasteiger partial charge in [0.25, 0.3) is 0 Å². The van der Waals surface area contributed by atoms with E-state index in [-0.39, 0.29) is 0 Å². The van der Waals surface area contributed by atoms with Gasteiger partial charge in [0.15, 0.2) is 16.0 Å². The van der Waals surface area contributed by atoms with Crippen LogP contribution in [0.4, 0.5) is 0 Å². The van der Waals surface area contributed by atoms with Crippen LogP contribution in [0.15, 0.2) is 23.6 Å². The molecule has 0 unspecified atom stereocenters. The number of thiazole rings is 1. The molecule has 0 amide bonds. The van der Waals surface area contributed by atoms with Crippen LogP contribution in [0.2, 0.25) is 4.47 Å². The lowest BCUT2D eigenvalue weighted by atomic mass is 10.1. The predicted molar refractivity (Wildman–Crippen MR) is 65.7 cm³/mol. The van der Waals surface area contributed by atoms with Crippen molar-refractivity contribution in [1.82, 2.24) is 4.98 Å². The number of aromatic nitrogens is 1. The summed E-state index contributed by atoms with van der Waals surface area (Å²) in [7, 11) is 3.22. The van der Waals surface area contributed by atoms with Crippen LogP contribution in [0.25, 0.3) is 11.3 Å². The van der Waals surface area contributed by atoms with Crippen LogP contribution >= 0.6 is 22.9 Å². The highest BCUT2D eigenvalue weighted by Gasteiger charge is 2.08. The van der Waals surface area contributed by atoms with Crippen molar-refractivity contribution >= 4 is 22.9 Å². The molecular weight excluding hydrogens is 246 g/mol. The van der Waals surface area contributed by atoms with E-state index in [1.165, 1.54) is 11.3 Å². The van der Waals surface area contributed by atoms with E-state index in [4.69, 9.17) is 21.1 Å². The number of methoxy groups -OCH3 is 2. The Balaban J connectivity index is 2.43. The summed E-state index contributed by atoms with van der Waals surface area (Å²) in [6, 6.07) is 5.65. The average Bonchev–Trinajstić information content (AvgIpc) is 2.75. The number of halogens is 1. The molecule has 0 aliphatic carbocycles. The van der Waals surface area contributed by atoms with Gasteiger partial charge < -0.3 is 9.47 Å². The van der Waals surface area contributed by atoms with Crippen molar-refractivity contribution in [2.24, 2.45) is 0 Å². The lowest BCUT2D eigenvalue weighted by molar-refractivity contribution is 0.355. The molecule has 1 heterocycles. The van der Waals surface area contributed by atoms with E-state index in [0.717, 1.165) is 11.3 Å². The highest BCUT2D eigenvalue weighted by Crippen LogP contribution is 2.33. The standard InChI is InChI=1S/C11H10ClNO2S/c1-14-9-4-3-7(5-10(9)15-2)8-6-16-11(12)13-8/h3-6H,1-2H3. The van der Waals surface area contributed by atoms with Crippen LogP contribution in [-0.4, -0.2) is 19.2 Å². The van der Waals surface area contributed by atoms with E-state index in [1.54, 1.807) is 14.2 Å². The van der Waals surface area contributed by atoms with Crippen LogP contribution in [0.5, 0.6) is 11.5 Å². The zero-order valence-electron chi connectivity index (χ0n) is 8.86. The minimum atomic E-state index is 0.532. The third kappa shape index (κ3) is 2.13. The molecule has 0 aliphatic heterocycles. The first-order valence-electron chi connectivity index (χ1n) is 4.58. The van der Waals surface area contributed by atoms with Crippen molar-refractivity contribution in [2.45, 2.75) is 0 Å². The average molecular weight is 256 g/mol. The van der Waals surface area contributed by atoms with Crippen LogP contribution < -0.4 is 9.47 Å². The molecule has 0 radical (unpaired) electrons. The summed E-state index contributed by atoms with van der Waals surface area (Å²) in [5, 5.41) is 1.91. The lowest BCUT2D eigenvalue weighted by Gasteiger charge is -2.08. The van der Waals surface area contributed by atoms with Crippen molar-refractivity contribution < 1.29 is 9.47 Å². The molecule has 84 valence electrons. The lowest BCUT2D eigenvalue weighted by Crippen LogP contribution is -1.90. The fourth-order valence-electron chi connectivity index (χ4n) is 1.38. The van der Waals surface area contributed by atoms with Gasteiger partial charge in [0.2, 0.25) is 0 Å². The van der Waals surface area contributed by atoms with E-state index in [2.05, 4.69) is 4.98 Å². The molecule has 3 nitrogen and oxygen atoms in total. The molecule has 0 bridgehead atoms. The molecule has 0 atom stereocenters. The quantitative estimate of drug-likeness (QED) is 0.841. The van der Waals surface area contributed by atoms with Gasteiger partial charge in [-0.2, -0.15) is 0 Å². The van der Waals surface area contributed by atoms with Gasteiger partial charge in [-0.05, 0) is 18.2 Å². The first-order valence-corrected chi connectivity index (χ1v) is 5.84. The van der Waals surface area contributed by atoms with Gasteiger partial charge in [-0.1, -0.05) is 11.6 Å². The second-order valence-electron chi connectivity index (χ2n) is 3.06. The van der Waals surface area contributed by atoms with E-state index in [0.29, 0.717) is 16.0 Å². The first-order chi connectivity index (χ1) is 7.74. The summed E-state index contributed by atoms with van der Waals surface area (Å²) in [4.78, 5) is 4.20. The van der Waals surface area contributed by atoms with Crippen LogP contribution in [-0.2, 0) is 0 Å². The summed E-state index contributed by atoms with van der Waals surface area (Å²) in [5.74, 6) is 1.39. The molecular formula is C11H10ClNO2S. The second-order valence-corrected chi connectivity index (χ2v) is 4.50. The Bertz CT molecular complexity index is 498. The second kappa shape index (κ2) is 4.72. The van der Waals surface area contributed by atoms with Gasteiger partial charge in [0.05, 0.1) is 19.9 Å². The van der Waals surface area contributed by atoms with Gasteiger partial charge >= 0.3 is 0 Å². The molecule has 0 aliphatic rings. The first kappa shape index (κ1) is 11.2. The maximum Gasteiger partial charge on any atom is 0.184 e. The normalized spacial score (nSPS) is 10.2. The van der Waals surface area contributed by atoms with Crippen LogP contribution in [0, 0.1) is 0 Å². The number of hydrogen-bond acceptors (Lipinski definition) is 4. The molecule has 2 aromatic rings. The third-order valence-corrected chi connectivity index (χ3v) is 3.13. The molecule has 1 aromatic heterocycles. The topological polar surface area (TPSA) is 31.4 Å². The van der Waals surface area contributed by atoms with Crippen LogP contribution in [0.3, 0.4) is 0 Å². The molecule has 0 fully saturated rings. The Hall–Kier alpha value is -1.26. The molecule has 0 N–H and O–H groups in total. The van der Waals surface area contributed by atoms with Crippen molar-refractivity contribution in [3.8, 4) is 22.8 Å². The minimum absolute atomic E-state index is 0.532. The maximum atomic E-state index is 5.79. The number of benzene rings is 1. The monoisotopic (exact) mass is 255 g/mol. The van der Waals surface area contributed by atoms with Crippen molar-refractivity contribution in [3.05, 3.63) is 28.0 Å². The molecule has 0 saturated heterocycles. The summed E-state index contributed by atoms with van der Waals surface area (Å²) < 4.78 is 10.9. The minimum Gasteiger partial charge on any atom is -0.493 e. The maximum absolute atomic E-state index is 5.79. The number of ether oxygens (including phenoxy) is 2. The Morgan fingerprint density at radius 3 is 2.50 bits per heavy atom. The van der Waals surface area contributed by atoms with Gasteiger partial charge in [0, 0.05) is 10.9 Å². The Kier molecular flexibility index (Phi) is 3.31. The SMILES string of the molecule is COc1ccc(-c2csc(Cl)n2)cc1OC. The largest absolute Gasteiger partial charge is 0.493 e. The Labute approximate surface area is 103 Å². The van der Waals surface area contributed by atoms with Gasteiger partial charge in [-0.25, -0.2) is 4.98 Å². The van der Waals surface area contributed by atoms with E-state index >= 15 is 0 Å². The fourth-order valence-corrected chi connectivity index (χ4v) is 2.15. The predicted octanol–water partition coefficient (Wildman–Crippen LogP) is 3.48. The number of hydrogen-bond donors (Lipinski definition) is 0. The highest BCUT2D eigenvalue weighted by atomic mass is 35.5. The summed E-state index contributed by atoms with van der Waals surface area (Å²) >= 11 is 7.20. The summed E-state index contributed by atoms with van der Waals surface area (Å²) in [6.07, 6.45) is 0. The zero-order valence-corrected chi connectivity index (χ0v) is 10.4. The fraction of sp³-hybridized carbons (Fsp3) is 0.182. The number of rotatable bonds is 3. The Morgan fingerprint density at radius 1 is 1.19 bits per heavy atom. The zero-order chi connectivity index (χ0) is 11.5. The highest BCUT2D eigenvalue weighted by molar-refractivity contribution is 7.14. The molecule has 0 spiro atoms. The third-order valence-electron chi connectivity index (χ3n) is 2.16. The van der Waals surface area contributed by atoms with Gasteiger partial charge in [-0.3, -0.25) is 0 Å².